The van der Waals surface area contributed by atoms with Gasteiger partial charge >= 0.3 is 0 Å². The zero-order chi connectivity index (χ0) is 17.3. The first kappa shape index (κ1) is 16.7. The van der Waals surface area contributed by atoms with Crippen molar-refractivity contribution in [2.75, 3.05) is 10.8 Å². The summed E-state index contributed by atoms with van der Waals surface area (Å²) in [5.41, 5.74) is 3.18. The number of hydrogen-bond acceptors (Lipinski definition) is 3. The summed E-state index contributed by atoms with van der Waals surface area (Å²) < 4.78 is 27.7. The molecule has 1 aliphatic rings. The Balaban J connectivity index is 2.12. The van der Waals surface area contributed by atoms with E-state index < -0.39 is 10.0 Å². The van der Waals surface area contributed by atoms with E-state index in [1.165, 1.54) is 11.2 Å². The third-order valence-electron chi connectivity index (χ3n) is 4.43. The van der Waals surface area contributed by atoms with E-state index in [0.29, 0.717) is 17.8 Å². The maximum atomic E-state index is 13.1. The minimum Gasteiger partial charge on any atom is -0.295 e. The molecule has 0 aromatic heterocycles. The van der Waals surface area contributed by atoms with Gasteiger partial charge in [0.15, 0.2) is 5.78 Å². The number of carbonyl (C=O) groups is 1. The summed E-state index contributed by atoms with van der Waals surface area (Å²) in [5, 5.41) is 0. The first-order valence-corrected chi connectivity index (χ1v) is 9.57. The standard InChI is InChI=1S/C19H21NO3S/c1-14-6-10-18(11-7-14)24(22,23)20-12-4-3-5-16-8-9-17(15(2)21)13-19(16)20/h6-11,13H,3-5,12H2,1-2H3. The summed E-state index contributed by atoms with van der Waals surface area (Å²) in [6.07, 6.45) is 2.56. The van der Waals surface area contributed by atoms with Crippen molar-refractivity contribution in [3.8, 4) is 0 Å². The maximum Gasteiger partial charge on any atom is 0.264 e. The van der Waals surface area contributed by atoms with Gasteiger partial charge in [-0.15, -0.1) is 0 Å². The molecule has 0 spiro atoms. The molecular weight excluding hydrogens is 322 g/mol. The summed E-state index contributed by atoms with van der Waals surface area (Å²) in [7, 11) is -3.64. The number of nitrogens with zero attached hydrogens (tertiary/aromatic N) is 1. The normalized spacial score (nSPS) is 14.8. The second kappa shape index (κ2) is 6.40. The van der Waals surface area contributed by atoms with Crippen LogP contribution in [-0.2, 0) is 16.4 Å². The second-order valence-electron chi connectivity index (χ2n) is 6.25. The topological polar surface area (TPSA) is 54.5 Å². The molecule has 24 heavy (non-hydrogen) atoms. The number of fused-ring (bicyclic) bond motifs is 1. The average Bonchev–Trinajstić information content (AvgIpc) is 2.77. The first-order valence-electron chi connectivity index (χ1n) is 8.13. The van der Waals surface area contributed by atoms with Crippen molar-refractivity contribution in [3.05, 3.63) is 59.2 Å². The van der Waals surface area contributed by atoms with Crippen LogP contribution in [0.5, 0.6) is 0 Å². The molecule has 0 saturated carbocycles. The van der Waals surface area contributed by atoms with Crippen molar-refractivity contribution in [2.45, 2.75) is 38.0 Å². The molecule has 0 saturated heterocycles. The molecule has 0 unspecified atom stereocenters. The van der Waals surface area contributed by atoms with E-state index in [9.17, 15) is 13.2 Å². The van der Waals surface area contributed by atoms with E-state index in [4.69, 9.17) is 0 Å². The van der Waals surface area contributed by atoms with Crippen LogP contribution in [0.25, 0.3) is 0 Å². The maximum absolute atomic E-state index is 13.1. The summed E-state index contributed by atoms with van der Waals surface area (Å²) in [5.74, 6) is -0.0604. The van der Waals surface area contributed by atoms with Crippen molar-refractivity contribution < 1.29 is 13.2 Å². The van der Waals surface area contributed by atoms with E-state index in [0.717, 1.165) is 30.4 Å². The number of carbonyl (C=O) groups excluding carboxylic acids is 1. The van der Waals surface area contributed by atoms with Crippen LogP contribution in [0.4, 0.5) is 5.69 Å². The van der Waals surface area contributed by atoms with Crippen molar-refractivity contribution in [1.29, 1.82) is 0 Å². The lowest BCUT2D eigenvalue weighted by Crippen LogP contribution is -2.32. The molecule has 0 atom stereocenters. The molecule has 0 aliphatic carbocycles. The van der Waals surface area contributed by atoms with Gasteiger partial charge in [-0.25, -0.2) is 8.42 Å². The third kappa shape index (κ3) is 3.08. The zero-order valence-corrected chi connectivity index (χ0v) is 14.8. The second-order valence-corrected chi connectivity index (χ2v) is 8.11. The number of Topliss-reactive ketones (excluding diaryl/α,β-unsaturated/α-hetero) is 1. The molecule has 1 aliphatic heterocycles. The van der Waals surface area contributed by atoms with Gasteiger partial charge in [-0.2, -0.15) is 0 Å². The molecule has 3 rings (SSSR count). The van der Waals surface area contributed by atoms with Crippen LogP contribution in [-0.4, -0.2) is 20.7 Å². The number of rotatable bonds is 3. The minimum atomic E-state index is -3.64. The molecule has 1 heterocycles. The minimum absolute atomic E-state index is 0.0604. The van der Waals surface area contributed by atoms with Crippen LogP contribution in [0, 0.1) is 6.92 Å². The average molecular weight is 343 g/mol. The lowest BCUT2D eigenvalue weighted by atomic mass is 10.0. The van der Waals surface area contributed by atoms with Gasteiger partial charge in [0.25, 0.3) is 10.0 Å². The fraction of sp³-hybridized carbons (Fsp3) is 0.316. The Kier molecular flexibility index (Phi) is 4.45. The Hall–Kier alpha value is -2.14. The van der Waals surface area contributed by atoms with Crippen molar-refractivity contribution in [3.63, 3.8) is 0 Å². The van der Waals surface area contributed by atoms with E-state index >= 15 is 0 Å². The molecule has 5 heteroatoms. The number of hydrogen-bond donors (Lipinski definition) is 0. The Morgan fingerprint density at radius 1 is 1.04 bits per heavy atom. The van der Waals surface area contributed by atoms with Gasteiger partial charge in [-0.3, -0.25) is 9.10 Å². The molecule has 4 nitrogen and oxygen atoms in total. The highest BCUT2D eigenvalue weighted by atomic mass is 32.2. The van der Waals surface area contributed by atoms with Gasteiger partial charge in [0.2, 0.25) is 0 Å². The number of ketones is 1. The molecule has 126 valence electrons. The largest absolute Gasteiger partial charge is 0.295 e. The highest BCUT2D eigenvalue weighted by Gasteiger charge is 2.28. The first-order chi connectivity index (χ1) is 11.4. The smallest absolute Gasteiger partial charge is 0.264 e. The fourth-order valence-electron chi connectivity index (χ4n) is 3.00. The summed E-state index contributed by atoms with van der Waals surface area (Å²) in [6, 6.07) is 12.3. The van der Waals surface area contributed by atoms with Gasteiger partial charge in [-0.1, -0.05) is 29.8 Å². The van der Waals surface area contributed by atoms with Crippen LogP contribution in [0.1, 0.15) is 41.3 Å². The fourth-order valence-corrected chi connectivity index (χ4v) is 4.54. The molecule has 2 aromatic carbocycles. The van der Waals surface area contributed by atoms with Crippen molar-refractivity contribution in [1.82, 2.24) is 0 Å². The molecule has 0 fully saturated rings. The van der Waals surface area contributed by atoms with Gasteiger partial charge in [0.1, 0.15) is 0 Å². The van der Waals surface area contributed by atoms with Crippen LogP contribution < -0.4 is 4.31 Å². The number of sulfonamides is 1. The van der Waals surface area contributed by atoms with Gasteiger partial charge in [-0.05, 0) is 56.9 Å². The Labute approximate surface area is 143 Å². The molecule has 0 N–H and O–H groups in total. The Bertz CT molecular complexity index is 870. The highest BCUT2D eigenvalue weighted by molar-refractivity contribution is 7.92. The van der Waals surface area contributed by atoms with Crippen LogP contribution >= 0.6 is 0 Å². The van der Waals surface area contributed by atoms with E-state index in [-0.39, 0.29) is 10.7 Å². The molecule has 2 aromatic rings. The molecule has 0 amide bonds. The molecule has 0 radical (unpaired) electrons. The summed E-state index contributed by atoms with van der Waals surface area (Å²) in [6.45, 7) is 3.86. The molecule has 0 bridgehead atoms. The van der Waals surface area contributed by atoms with Crippen LogP contribution in [0.2, 0.25) is 0 Å². The number of benzene rings is 2. The number of aryl methyl sites for hydroxylation is 2. The van der Waals surface area contributed by atoms with Gasteiger partial charge in [0.05, 0.1) is 10.6 Å². The van der Waals surface area contributed by atoms with E-state index in [1.54, 1.807) is 36.4 Å². The van der Waals surface area contributed by atoms with Crippen molar-refractivity contribution >= 4 is 21.5 Å². The predicted octanol–water partition coefficient (Wildman–Crippen LogP) is 3.73. The summed E-state index contributed by atoms with van der Waals surface area (Å²) in [4.78, 5) is 12.0. The lowest BCUT2D eigenvalue weighted by Gasteiger charge is -2.25. The van der Waals surface area contributed by atoms with E-state index in [1.807, 2.05) is 13.0 Å². The lowest BCUT2D eigenvalue weighted by molar-refractivity contribution is 0.101. The van der Waals surface area contributed by atoms with E-state index in [2.05, 4.69) is 0 Å². The van der Waals surface area contributed by atoms with Gasteiger partial charge < -0.3 is 0 Å². The highest BCUT2D eigenvalue weighted by Crippen LogP contribution is 2.32. The number of anilines is 1. The molecular formula is C19H21NO3S. The Morgan fingerprint density at radius 2 is 1.75 bits per heavy atom. The third-order valence-corrected chi connectivity index (χ3v) is 6.25. The monoisotopic (exact) mass is 343 g/mol. The van der Waals surface area contributed by atoms with Crippen molar-refractivity contribution in [2.24, 2.45) is 0 Å². The van der Waals surface area contributed by atoms with Crippen LogP contribution in [0.15, 0.2) is 47.4 Å². The Morgan fingerprint density at radius 3 is 2.42 bits per heavy atom. The van der Waals surface area contributed by atoms with Gasteiger partial charge in [0, 0.05) is 12.1 Å². The van der Waals surface area contributed by atoms with Crippen LogP contribution in [0.3, 0.4) is 0 Å². The predicted molar refractivity (Wildman–Crippen MR) is 95.1 cm³/mol. The summed E-state index contributed by atoms with van der Waals surface area (Å²) >= 11 is 0. The quantitative estimate of drug-likeness (QED) is 0.798. The SMILES string of the molecule is CC(=O)c1ccc2c(c1)N(S(=O)(=O)c1ccc(C)cc1)CCCC2. The zero-order valence-electron chi connectivity index (χ0n) is 14.0.